The first-order valence-corrected chi connectivity index (χ1v) is 9.10. The van der Waals surface area contributed by atoms with Gasteiger partial charge in [-0.3, -0.25) is 4.79 Å². The molecule has 0 aliphatic carbocycles. The maximum Gasteiger partial charge on any atom is 0.315 e. The molecule has 6 nitrogen and oxygen atoms in total. The Morgan fingerprint density at radius 3 is 2.44 bits per heavy atom. The van der Waals surface area contributed by atoms with Crippen LogP contribution in [0.15, 0.2) is 35.7 Å². The van der Waals surface area contributed by atoms with Gasteiger partial charge in [0.15, 0.2) is 0 Å². The highest BCUT2D eigenvalue weighted by Gasteiger charge is 2.24. The van der Waals surface area contributed by atoms with Crippen LogP contribution in [0.25, 0.3) is 0 Å². The number of hydrogen-bond donors (Lipinski definition) is 3. The number of rotatable bonds is 7. The number of nitrogens with one attached hydrogen (secondary N) is 3. The van der Waals surface area contributed by atoms with Crippen molar-refractivity contribution in [2.24, 2.45) is 5.92 Å². The molecule has 0 spiro atoms. The maximum atomic E-state index is 12.4. The molecule has 134 valence electrons. The van der Waals surface area contributed by atoms with Gasteiger partial charge in [-0.05, 0) is 18.4 Å². The second kappa shape index (κ2) is 9.17. The van der Waals surface area contributed by atoms with Gasteiger partial charge >= 0.3 is 6.03 Å². The summed E-state index contributed by atoms with van der Waals surface area (Å²) in [6.07, 6.45) is 0. The summed E-state index contributed by atoms with van der Waals surface area (Å²) in [5.74, 6) is -0.238. The van der Waals surface area contributed by atoms with Crippen LogP contribution < -0.4 is 16.0 Å². The third kappa shape index (κ3) is 6.19. The van der Waals surface area contributed by atoms with Gasteiger partial charge in [0.05, 0.1) is 6.54 Å². The quantitative estimate of drug-likeness (QED) is 0.710. The van der Waals surface area contributed by atoms with Crippen LogP contribution in [0.2, 0.25) is 0 Å². The van der Waals surface area contributed by atoms with Crippen molar-refractivity contribution in [2.45, 2.75) is 39.9 Å². The first-order valence-electron chi connectivity index (χ1n) is 8.22. The average molecular weight is 360 g/mol. The Kier molecular flexibility index (Phi) is 6.94. The number of hydrogen-bond acceptors (Lipinski definition) is 4. The number of benzene rings is 1. The summed E-state index contributed by atoms with van der Waals surface area (Å²) in [4.78, 5) is 28.8. The molecule has 0 bridgehead atoms. The van der Waals surface area contributed by atoms with Crippen LogP contribution >= 0.6 is 11.3 Å². The molecule has 3 N–H and O–H groups in total. The molecular weight excluding hydrogens is 336 g/mol. The molecule has 7 heteroatoms. The monoisotopic (exact) mass is 360 g/mol. The lowest BCUT2D eigenvalue weighted by Gasteiger charge is -2.21. The molecule has 0 fully saturated rings. The minimum atomic E-state index is -0.600. The van der Waals surface area contributed by atoms with E-state index in [4.69, 9.17) is 0 Å². The van der Waals surface area contributed by atoms with Crippen molar-refractivity contribution in [3.05, 3.63) is 52.0 Å². The van der Waals surface area contributed by atoms with E-state index >= 15 is 0 Å². The van der Waals surface area contributed by atoms with Crippen molar-refractivity contribution in [3.8, 4) is 0 Å². The van der Waals surface area contributed by atoms with Crippen LogP contribution in [0.1, 0.15) is 30.1 Å². The molecule has 2 aromatic rings. The molecule has 0 aliphatic rings. The third-order valence-electron chi connectivity index (χ3n) is 3.61. The normalized spacial score (nSPS) is 11.8. The Morgan fingerprint density at radius 2 is 1.84 bits per heavy atom. The summed E-state index contributed by atoms with van der Waals surface area (Å²) < 4.78 is 0. The van der Waals surface area contributed by atoms with E-state index in [0.29, 0.717) is 13.1 Å². The second-order valence-electron chi connectivity index (χ2n) is 6.13. The van der Waals surface area contributed by atoms with Crippen molar-refractivity contribution in [1.29, 1.82) is 0 Å². The Hall–Kier alpha value is -2.41. The zero-order chi connectivity index (χ0) is 18.2. The number of urea groups is 1. The fraction of sp³-hybridized carbons (Fsp3) is 0.389. The van der Waals surface area contributed by atoms with Crippen molar-refractivity contribution >= 4 is 23.3 Å². The molecule has 0 aliphatic heterocycles. The van der Waals surface area contributed by atoms with E-state index in [2.05, 4.69) is 20.9 Å². The van der Waals surface area contributed by atoms with Gasteiger partial charge in [0.2, 0.25) is 5.91 Å². The van der Waals surface area contributed by atoms with Crippen molar-refractivity contribution in [1.82, 2.24) is 20.9 Å². The molecule has 1 heterocycles. The maximum absolute atomic E-state index is 12.4. The third-order valence-corrected chi connectivity index (χ3v) is 4.58. The van der Waals surface area contributed by atoms with Crippen LogP contribution in [0.3, 0.4) is 0 Å². The van der Waals surface area contributed by atoms with E-state index < -0.39 is 6.04 Å². The molecule has 1 atom stereocenters. The Balaban J connectivity index is 1.84. The molecule has 0 saturated heterocycles. The molecule has 0 radical (unpaired) electrons. The Bertz CT molecular complexity index is 700. The van der Waals surface area contributed by atoms with Crippen LogP contribution in [0, 0.1) is 12.8 Å². The predicted molar refractivity (Wildman–Crippen MR) is 99.1 cm³/mol. The SMILES string of the molecule is Cc1csc(CNC(=O)C(NC(=O)NCc2ccccc2)C(C)C)n1. The highest BCUT2D eigenvalue weighted by Crippen LogP contribution is 2.09. The molecule has 1 aromatic carbocycles. The van der Waals surface area contributed by atoms with Crippen LogP contribution in [-0.4, -0.2) is 23.0 Å². The first-order chi connectivity index (χ1) is 12.0. The van der Waals surface area contributed by atoms with Crippen LogP contribution in [0.4, 0.5) is 4.79 Å². The van der Waals surface area contributed by atoms with Gasteiger partial charge in [-0.15, -0.1) is 11.3 Å². The number of thiazole rings is 1. The molecule has 1 unspecified atom stereocenters. The van der Waals surface area contributed by atoms with E-state index in [1.54, 1.807) is 0 Å². The van der Waals surface area contributed by atoms with Gasteiger partial charge in [-0.25, -0.2) is 9.78 Å². The lowest BCUT2D eigenvalue weighted by Crippen LogP contribution is -2.52. The first kappa shape index (κ1) is 18.9. The van der Waals surface area contributed by atoms with Gasteiger partial charge in [-0.2, -0.15) is 0 Å². The second-order valence-corrected chi connectivity index (χ2v) is 7.08. The summed E-state index contributed by atoms with van der Waals surface area (Å²) in [5, 5.41) is 11.2. The zero-order valence-corrected chi connectivity index (χ0v) is 15.5. The highest BCUT2D eigenvalue weighted by molar-refractivity contribution is 7.09. The molecule has 1 aromatic heterocycles. The lowest BCUT2D eigenvalue weighted by molar-refractivity contribution is -0.124. The van der Waals surface area contributed by atoms with E-state index in [1.807, 2.05) is 56.5 Å². The van der Waals surface area contributed by atoms with Crippen molar-refractivity contribution in [3.63, 3.8) is 0 Å². The highest BCUT2D eigenvalue weighted by atomic mass is 32.1. The minimum absolute atomic E-state index is 0.0273. The molecule has 2 rings (SSSR count). The van der Waals surface area contributed by atoms with Crippen LogP contribution in [0.5, 0.6) is 0 Å². The number of carbonyl (C=O) groups is 2. The van der Waals surface area contributed by atoms with Gasteiger partial charge in [0.1, 0.15) is 11.0 Å². The smallest absolute Gasteiger partial charge is 0.315 e. The predicted octanol–water partition coefficient (Wildman–Crippen LogP) is 2.59. The summed E-state index contributed by atoms with van der Waals surface area (Å²) in [7, 11) is 0. The molecule has 0 saturated carbocycles. The topological polar surface area (TPSA) is 83.1 Å². The van der Waals surface area contributed by atoms with E-state index in [1.165, 1.54) is 11.3 Å². The fourth-order valence-electron chi connectivity index (χ4n) is 2.26. The summed E-state index contributed by atoms with van der Waals surface area (Å²) in [6, 6.07) is 8.66. The number of aromatic nitrogens is 1. The average Bonchev–Trinajstić information content (AvgIpc) is 3.02. The van der Waals surface area contributed by atoms with Gasteiger partial charge in [0.25, 0.3) is 0 Å². The fourth-order valence-corrected chi connectivity index (χ4v) is 2.97. The zero-order valence-electron chi connectivity index (χ0n) is 14.7. The lowest BCUT2D eigenvalue weighted by atomic mass is 10.0. The van der Waals surface area contributed by atoms with Crippen molar-refractivity contribution in [2.75, 3.05) is 0 Å². The Labute approximate surface area is 152 Å². The van der Waals surface area contributed by atoms with Crippen molar-refractivity contribution < 1.29 is 9.59 Å². The summed E-state index contributed by atoms with van der Waals surface area (Å²) >= 11 is 1.51. The van der Waals surface area contributed by atoms with Crippen LogP contribution in [-0.2, 0) is 17.9 Å². The van der Waals surface area contributed by atoms with Gasteiger partial charge < -0.3 is 16.0 Å². The number of amides is 3. The minimum Gasteiger partial charge on any atom is -0.348 e. The largest absolute Gasteiger partial charge is 0.348 e. The molecular formula is C18H24N4O2S. The van der Waals surface area contributed by atoms with E-state index in [0.717, 1.165) is 16.3 Å². The van der Waals surface area contributed by atoms with E-state index in [-0.39, 0.29) is 17.9 Å². The summed E-state index contributed by atoms with van der Waals surface area (Å²) in [6.45, 7) is 6.49. The number of carbonyl (C=O) groups excluding carboxylic acids is 2. The number of aryl methyl sites for hydroxylation is 1. The number of nitrogens with zero attached hydrogens (tertiary/aromatic N) is 1. The van der Waals surface area contributed by atoms with Gasteiger partial charge in [-0.1, -0.05) is 44.2 Å². The van der Waals surface area contributed by atoms with E-state index in [9.17, 15) is 9.59 Å². The molecule has 3 amide bonds. The Morgan fingerprint density at radius 1 is 1.12 bits per heavy atom. The summed E-state index contributed by atoms with van der Waals surface area (Å²) in [5.41, 5.74) is 1.94. The van der Waals surface area contributed by atoms with Gasteiger partial charge in [0, 0.05) is 17.6 Å². The standard InChI is InChI=1S/C18H24N4O2S/c1-12(2)16(17(23)19-10-15-21-13(3)11-25-15)22-18(24)20-9-14-7-5-4-6-8-14/h4-8,11-12,16H,9-10H2,1-3H3,(H,19,23)(H2,20,22,24). The molecule has 25 heavy (non-hydrogen) atoms.